The highest BCUT2D eigenvalue weighted by atomic mass is 35.5. The summed E-state index contributed by atoms with van der Waals surface area (Å²) in [4.78, 5) is 14.1. The van der Waals surface area contributed by atoms with Crippen LogP contribution in [0.3, 0.4) is 0 Å². The van der Waals surface area contributed by atoms with E-state index in [1.54, 1.807) is 11.9 Å². The second kappa shape index (κ2) is 5.94. The lowest BCUT2D eigenvalue weighted by Crippen LogP contribution is -2.47. The van der Waals surface area contributed by atoms with E-state index in [0.29, 0.717) is 12.8 Å². The van der Waals surface area contributed by atoms with E-state index in [4.69, 9.17) is 11.6 Å². The van der Waals surface area contributed by atoms with Crippen LogP contribution in [0.2, 0.25) is 0 Å². The molecular formula is C14H22ClF2NO. The molecule has 0 spiro atoms. The topological polar surface area (TPSA) is 20.3 Å². The van der Waals surface area contributed by atoms with Crippen molar-refractivity contribution < 1.29 is 13.6 Å². The summed E-state index contributed by atoms with van der Waals surface area (Å²) in [5, 5.41) is 0.00716. The first-order valence-electron chi connectivity index (χ1n) is 7.19. The quantitative estimate of drug-likeness (QED) is 0.709. The predicted octanol–water partition coefficient (Wildman–Crippen LogP) is 3.82. The van der Waals surface area contributed by atoms with Gasteiger partial charge in [-0.15, -0.1) is 11.6 Å². The number of nitrogens with zero attached hydrogens (tertiary/aromatic N) is 1. The van der Waals surface area contributed by atoms with Crippen LogP contribution in [0.5, 0.6) is 0 Å². The lowest BCUT2D eigenvalue weighted by molar-refractivity contribution is -0.141. The molecule has 0 heterocycles. The first-order valence-corrected chi connectivity index (χ1v) is 7.63. The molecule has 0 radical (unpaired) electrons. The fourth-order valence-electron chi connectivity index (χ4n) is 3.24. The summed E-state index contributed by atoms with van der Waals surface area (Å²) < 4.78 is 26.2. The maximum Gasteiger partial charge on any atom is 0.248 e. The number of carbonyl (C=O) groups is 1. The van der Waals surface area contributed by atoms with Crippen molar-refractivity contribution >= 4 is 17.5 Å². The monoisotopic (exact) mass is 293 g/mol. The third kappa shape index (κ3) is 3.59. The van der Waals surface area contributed by atoms with Crippen LogP contribution in [-0.4, -0.2) is 35.2 Å². The van der Waals surface area contributed by atoms with E-state index in [-0.39, 0.29) is 36.1 Å². The van der Waals surface area contributed by atoms with Crippen LogP contribution in [0.15, 0.2) is 0 Å². The lowest BCUT2D eigenvalue weighted by Gasteiger charge is -2.38. The Morgan fingerprint density at radius 1 is 1.16 bits per heavy atom. The van der Waals surface area contributed by atoms with E-state index in [0.717, 1.165) is 25.7 Å². The smallest absolute Gasteiger partial charge is 0.248 e. The zero-order valence-electron chi connectivity index (χ0n) is 11.4. The molecule has 2 atom stereocenters. The Labute approximate surface area is 118 Å². The first kappa shape index (κ1) is 15.0. The second-order valence-electron chi connectivity index (χ2n) is 5.95. The summed E-state index contributed by atoms with van der Waals surface area (Å²) >= 11 is 6.29. The summed E-state index contributed by atoms with van der Waals surface area (Å²) in [6, 6.07) is 0.0744. The van der Waals surface area contributed by atoms with Gasteiger partial charge < -0.3 is 4.90 Å². The number of alkyl halides is 3. The van der Waals surface area contributed by atoms with Gasteiger partial charge in [-0.25, -0.2) is 8.78 Å². The molecule has 2 aliphatic carbocycles. The molecule has 0 bridgehead atoms. The molecular weight excluding hydrogens is 272 g/mol. The molecule has 0 aromatic carbocycles. The van der Waals surface area contributed by atoms with Gasteiger partial charge in [-0.3, -0.25) is 4.79 Å². The van der Waals surface area contributed by atoms with Crippen LogP contribution in [0.4, 0.5) is 8.78 Å². The lowest BCUT2D eigenvalue weighted by atomic mass is 9.85. The summed E-state index contributed by atoms with van der Waals surface area (Å²) in [6.07, 6.45) is 4.35. The highest BCUT2D eigenvalue weighted by Gasteiger charge is 2.40. The van der Waals surface area contributed by atoms with Crippen LogP contribution in [0, 0.1) is 5.92 Å². The van der Waals surface area contributed by atoms with Gasteiger partial charge in [-0.2, -0.15) is 0 Å². The Kier molecular flexibility index (Phi) is 4.70. The van der Waals surface area contributed by atoms with Crippen LogP contribution >= 0.6 is 11.6 Å². The molecule has 0 aliphatic heterocycles. The van der Waals surface area contributed by atoms with Crippen molar-refractivity contribution in [2.45, 2.75) is 68.7 Å². The van der Waals surface area contributed by atoms with Crippen molar-refractivity contribution in [1.82, 2.24) is 4.90 Å². The summed E-state index contributed by atoms with van der Waals surface area (Å²) in [6.45, 7) is 0. The molecule has 2 aliphatic rings. The van der Waals surface area contributed by atoms with Crippen molar-refractivity contribution in [3.63, 3.8) is 0 Å². The Morgan fingerprint density at radius 2 is 1.74 bits per heavy atom. The Morgan fingerprint density at radius 3 is 2.32 bits per heavy atom. The van der Waals surface area contributed by atoms with Gasteiger partial charge in [0.25, 0.3) is 0 Å². The molecule has 0 aromatic heterocycles. The summed E-state index contributed by atoms with van der Waals surface area (Å²) in [5.41, 5.74) is 0. The molecule has 2 rings (SSSR count). The van der Waals surface area contributed by atoms with Gasteiger partial charge in [0.1, 0.15) is 0 Å². The molecule has 0 saturated heterocycles. The van der Waals surface area contributed by atoms with Gasteiger partial charge in [0.2, 0.25) is 11.8 Å². The number of halogens is 3. The summed E-state index contributed by atoms with van der Waals surface area (Å²) in [5.74, 6) is -2.81. The molecule has 2 unspecified atom stereocenters. The van der Waals surface area contributed by atoms with Crippen molar-refractivity contribution in [3.8, 4) is 0 Å². The van der Waals surface area contributed by atoms with E-state index in [1.165, 1.54) is 0 Å². The fourth-order valence-corrected chi connectivity index (χ4v) is 3.69. The molecule has 19 heavy (non-hydrogen) atoms. The Balaban J connectivity index is 1.92. The van der Waals surface area contributed by atoms with Gasteiger partial charge in [0.15, 0.2) is 0 Å². The zero-order valence-corrected chi connectivity index (χ0v) is 12.1. The van der Waals surface area contributed by atoms with Crippen LogP contribution in [0.1, 0.15) is 51.4 Å². The van der Waals surface area contributed by atoms with Gasteiger partial charge in [-0.05, 0) is 25.7 Å². The van der Waals surface area contributed by atoms with Gasteiger partial charge >= 0.3 is 0 Å². The van der Waals surface area contributed by atoms with Gasteiger partial charge in [-0.1, -0.05) is 12.8 Å². The second-order valence-corrected chi connectivity index (χ2v) is 6.51. The molecule has 2 fully saturated rings. The number of hydrogen-bond donors (Lipinski definition) is 0. The number of carbonyl (C=O) groups excluding carboxylic acids is 1. The van der Waals surface area contributed by atoms with Crippen LogP contribution in [-0.2, 0) is 4.79 Å². The number of amides is 1. The van der Waals surface area contributed by atoms with Gasteiger partial charge in [0.05, 0.1) is 5.38 Å². The van der Waals surface area contributed by atoms with Gasteiger partial charge in [0, 0.05) is 31.8 Å². The molecule has 5 heteroatoms. The highest BCUT2D eigenvalue weighted by Crippen LogP contribution is 2.37. The molecule has 1 amide bonds. The minimum Gasteiger partial charge on any atom is -0.341 e. The standard InChI is InChI=1S/C14H22ClF2NO/c1-18(12-5-3-2-4-11(12)15)13(19)10-6-8-14(16,17)9-7-10/h10-12H,2-9H2,1H3. The minimum absolute atomic E-state index is 0.00716. The molecule has 0 aromatic rings. The van der Waals surface area contributed by atoms with E-state index in [2.05, 4.69) is 0 Å². The average Bonchev–Trinajstić information content (AvgIpc) is 2.38. The average molecular weight is 294 g/mol. The minimum atomic E-state index is -2.57. The zero-order chi connectivity index (χ0) is 14.0. The predicted molar refractivity (Wildman–Crippen MR) is 71.6 cm³/mol. The number of rotatable bonds is 2. The largest absolute Gasteiger partial charge is 0.341 e. The van der Waals surface area contributed by atoms with Crippen LogP contribution < -0.4 is 0 Å². The Hall–Kier alpha value is -0.380. The molecule has 2 nitrogen and oxygen atoms in total. The fraction of sp³-hybridized carbons (Fsp3) is 0.929. The Bertz CT molecular complexity index is 327. The van der Waals surface area contributed by atoms with E-state index in [9.17, 15) is 13.6 Å². The first-order chi connectivity index (χ1) is 8.91. The number of hydrogen-bond acceptors (Lipinski definition) is 1. The van der Waals surface area contributed by atoms with E-state index < -0.39 is 5.92 Å². The third-order valence-electron chi connectivity index (χ3n) is 4.56. The summed E-state index contributed by atoms with van der Waals surface area (Å²) in [7, 11) is 1.78. The molecule has 110 valence electrons. The SMILES string of the molecule is CN(C(=O)C1CCC(F)(F)CC1)C1CCCCC1Cl. The van der Waals surface area contributed by atoms with Crippen molar-refractivity contribution in [3.05, 3.63) is 0 Å². The van der Waals surface area contributed by atoms with Crippen molar-refractivity contribution in [1.29, 1.82) is 0 Å². The van der Waals surface area contributed by atoms with E-state index in [1.807, 2.05) is 0 Å². The van der Waals surface area contributed by atoms with Crippen molar-refractivity contribution in [2.75, 3.05) is 7.05 Å². The normalized spacial score (nSPS) is 32.0. The van der Waals surface area contributed by atoms with E-state index >= 15 is 0 Å². The van der Waals surface area contributed by atoms with Crippen molar-refractivity contribution in [2.24, 2.45) is 5.92 Å². The van der Waals surface area contributed by atoms with Crippen LogP contribution in [0.25, 0.3) is 0 Å². The molecule has 2 saturated carbocycles. The third-order valence-corrected chi connectivity index (χ3v) is 5.07. The molecule has 0 N–H and O–H groups in total. The highest BCUT2D eigenvalue weighted by molar-refractivity contribution is 6.21. The maximum absolute atomic E-state index is 13.1. The maximum atomic E-state index is 13.1.